The van der Waals surface area contributed by atoms with Gasteiger partial charge in [-0.15, -0.1) is 0 Å². The van der Waals surface area contributed by atoms with Gasteiger partial charge in [0.05, 0.1) is 13.5 Å². The highest BCUT2D eigenvalue weighted by molar-refractivity contribution is 5.78. The molecule has 0 radical (unpaired) electrons. The van der Waals surface area contributed by atoms with Crippen LogP contribution < -0.4 is 10.1 Å². The maximum Gasteiger partial charge on any atom is 0.224 e. The summed E-state index contributed by atoms with van der Waals surface area (Å²) in [6.07, 6.45) is 8.81. The van der Waals surface area contributed by atoms with Crippen molar-refractivity contribution in [3.05, 3.63) is 59.7 Å². The molecule has 0 aromatic heterocycles. The van der Waals surface area contributed by atoms with E-state index in [4.69, 9.17) is 4.74 Å². The molecule has 1 saturated heterocycles. The molecule has 1 aliphatic carbocycles. The smallest absolute Gasteiger partial charge is 0.224 e. The van der Waals surface area contributed by atoms with Gasteiger partial charge >= 0.3 is 0 Å². The van der Waals surface area contributed by atoms with Gasteiger partial charge in [0.25, 0.3) is 0 Å². The maximum atomic E-state index is 12.5. The fourth-order valence-electron chi connectivity index (χ4n) is 5.45. The van der Waals surface area contributed by atoms with Crippen LogP contribution in [0.25, 0.3) is 0 Å². The van der Waals surface area contributed by atoms with E-state index in [9.17, 15) is 9.90 Å². The molecule has 1 aliphatic heterocycles. The number of phenolic OH excluding ortho intramolecular Hbond substituents is 1. The summed E-state index contributed by atoms with van der Waals surface area (Å²) in [7, 11) is 1.72. The van der Waals surface area contributed by atoms with Crippen LogP contribution in [0.2, 0.25) is 0 Å². The van der Waals surface area contributed by atoms with E-state index in [0.717, 1.165) is 43.8 Å². The fraction of sp³-hybridized carbons (Fsp3) is 0.519. The quantitative estimate of drug-likeness (QED) is 0.674. The predicted molar refractivity (Wildman–Crippen MR) is 127 cm³/mol. The average molecular weight is 437 g/mol. The first-order valence-electron chi connectivity index (χ1n) is 12.0. The molecular formula is C27H36N2O3. The molecule has 0 unspecified atom stereocenters. The van der Waals surface area contributed by atoms with E-state index in [1.54, 1.807) is 31.4 Å². The third kappa shape index (κ3) is 5.63. The molecule has 2 aliphatic rings. The van der Waals surface area contributed by atoms with E-state index in [1.165, 1.54) is 37.7 Å². The number of ether oxygens (including phenoxy) is 1. The van der Waals surface area contributed by atoms with Gasteiger partial charge in [-0.3, -0.25) is 4.79 Å². The first kappa shape index (κ1) is 22.7. The van der Waals surface area contributed by atoms with E-state index >= 15 is 0 Å². The van der Waals surface area contributed by atoms with Crippen molar-refractivity contribution in [2.45, 2.75) is 62.8 Å². The Morgan fingerprint density at radius 2 is 1.69 bits per heavy atom. The van der Waals surface area contributed by atoms with Gasteiger partial charge in [0.2, 0.25) is 5.91 Å². The second-order valence-corrected chi connectivity index (χ2v) is 9.53. The number of benzene rings is 2. The summed E-state index contributed by atoms with van der Waals surface area (Å²) in [5.74, 6) is 1.21. The number of likely N-dealkylation sites (tertiary alicyclic amines) is 1. The van der Waals surface area contributed by atoms with Crippen molar-refractivity contribution in [1.82, 2.24) is 10.2 Å². The second-order valence-electron chi connectivity index (χ2n) is 9.53. The van der Waals surface area contributed by atoms with Crippen LogP contribution in [0.5, 0.6) is 11.5 Å². The van der Waals surface area contributed by atoms with Crippen LogP contribution >= 0.6 is 0 Å². The Bertz CT molecular complexity index is 865. The predicted octanol–water partition coefficient (Wildman–Crippen LogP) is 4.43. The second kappa shape index (κ2) is 10.4. The molecule has 2 N–H and O–H groups in total. The van der Waals surface area contributed by atoms with Gasteiger partial charge in [-0.1, -0.05) is 43.5 Å². The summed E-state index contributed by atoms with van der Waals surface area (Å²) in [6, 6.07) is 15.8. The van der Waals surface area contributed by atoms with Crippen LogP contribution in [0.1, 0.15) is 56.1 Å². The zero-order valence-corrected chi connectivity index (χ0v) is 19.2. The minimum absolute atomic E-state index is 0.0659. The zero-order valence-electron chi connectivity index (χ0n) is 19.2. The number of phenols is 1. The molecule has 2 aromatic carbocycles. The Balaban J connectivity index is 1.31. The van der Waals surface area contributed by atoms with Crippen LogP contribution in [0.4, 0.5) is 0 Å². The molecule has 172 valence electrons. The molecule has 4 rings (SSSR count). The van der Waals surface area contributed by atoms with Crippen molar-refractivity contribution < 1.29 is 14.6 Å². The van der Waals surface area contributed by atoms with Crippen LogP contribution in [-0.4, -0.2) is 48.7 Å². The van der Waals surface area contributed by atoms with Crippen LogP contribution in [-0.2, 0) is 16.6 Å². The van der Waals surface area contributed by atoms with E-state index in [1.807, 2.05) is 0 Å². The highest BCUT2D eigenvalue weighted by Crippen LogP contribution is 2.41. The minimum Gasteiger partial charge on any atom is -0.508 e. The van der Waals surface area contributed by atoms with Crippen molar-refractivity contribution in [3.63, 3.8) is 0 Å². The lowest BCUT2D eigenvalue weighted by Crippen LogP contribution is -2.49. The molecule has 1 heterocycles. The molecule has 2 fully saturated rings. The van der Waals surface area contributed by atoms with Crippen molar-refractivity contribution in [1.29, 1.82) is 0 Å². The summed E-state index contributed by atoms with van der Waals surface area (Å²) in [5.41, 5.74) is 2.61. The summed E-state index contributed by atoms with van der Waals surface area (Å²) in [6.45, 7) is 3.16. The SMILES string of the molecule is COc1ccc(C2(CN3CCC(NC(=O)Cc4ccc(O)cc4)CC3)CCCCC2)cc1. The molecule has 2 aromatic rings. The number of nitrogens with zero attached hydrogens (tertiary/aromatic N) is 1. The van der Waals surface area contributed by atoms with E-state index in [0.29, 0.717) is 6.42 Å². The number of rotatable bonds is 7. The topological polar surface area (TPSA) is 61.8 Å². The van der Waals surface area contributed by atoms with E-state index in [2.05, 4.69) is 34.5 Å². The molecule has 0 atom stereocenters. The summed E-state index contributed by atoms with van der Waals surface area (Å²) < 4.78 is 5.37. The van der Waals surface area contributed by atoms with Crippen molar-refractivity contribution >= 4 is 5.91 Å². The number of nitrogens with one attached hydrogen (secondary N) is 1. The summed E-state index contributed by atoms with van der Waals surface area (Å²) >= 11 is 0. The van der Waals surface area contributed by atoms with E-state index in [-0.39, 0.29) is 23.1 Å². The Labute approximate surface area is 191 Å². The number of carbonyl (C=O) groups is 1. The molecule has 1 amide bonds. The third-order valence-electron chi connectivity index (χ3n) is 7.29. The van der Waals surface area contributed by atoms with Crippen molar-refractivity contribution in [2.75, 3.05) is 26.7 Å². The number of hydrogen-bond donors (Lipinski definition) is 2. The Hall–Kier alpha value is -2.53. The number of methoxy groups -OCH3 is 1. The first-order chi connectivity index (χ1) is 15.6. The van der Waals surface area contributed by atoms with Gasteiger partial charge in [0.15, 0.2) is 0 Å². The Morgan fingerprint density at radius 1 is 1.03 bits per heavy atom. The van der Waals surface area contributed by atoms with Gasteiger partial charge in [0.1, 0.15) is 11.5 Å². The zero-order chi connectivity index (χ0) is 22.4. The van der Waals surface area contributed by atoms with Gasteiger partial charge < -0.3 is 20.1 Å². The Kier molecular flexibility index (Phi) is 7.36. The number of carbonyl (C=O) groups excluding carboxylic acids is 1. The lowest BCUT2D eigenvalue weighted by atomic mass is 9.69. The van der Waals surface area contributed by atoms with Gasteiger partial charge in [-0.05, 0) is 61.1 Å². The average Bonchev–Trinajstić information content (AvgIpc) is 2.82. The van der Waals surface area contributed by atoms with Crippen molar-refractivity contribution in [3.8, 4) is 11.5 Å². The monoisotopic (exact) mass is 436 g/mol. The highest BCUT2D eigenvalue weighted by Gasteiger charge is 2.36. The molecule has 0 spiro atoms. The van der Waals surface area contributed by atoms with Crippen LogP contribution in [0.15, 0.2) is 48.5 Å². The number of hydrogen-bond acceptors (Lipinski definition) is 4. The number of aromatic hydroxyl groups is 1. The first-order valence-corrected chi connectivity index (χ1v) is 12.0. The highest BCUT2D eigenvalue weighted by atomic mass is 16.5. The lowest BCUT2D eigenvalue weighted by Gasteiger charge is -2.44. The van der Waals surface area contributed by atoms with E-state index < -0.39 is 0 Å². The molecule has 5 heteroatoms. The fourth-order valence-corrected chi connectivity index (χ4v) is 5.45. The Morgan fingerprint density at radius 3 is 2.31 bits per heavy atom. The standard InChI is InChI=1S/C27H36N2O3/c1-32-25-11-7-22(8-12-25)27(15-3-2-4-16-27)20-29-17-13-23(14-18-29)28-26(31)19-21-5-9-24(30)10-6-21/h5-12,23,30H,2-4,13-20H2,1H3,(H,28,31). The summed E-state index contributed by atoms with van der Waals surface area (Å²) in [4.78, 5) is 15.1. The van der Waals surface area contributed by atoms with Crippen molar-refractivity contribution in [2.24, 2.45) is 0 Å². The molecule has 5 nitrogen and oxygen atoms in total. The molecule has 0 bridgehead atoms. The van der Waals surface area contributed by atoms with Gasteiger partial charge in [-0.2, -0.15) is 0 Å². The van der Waals surface area contributed by atoms with Gasteiger partial charge in [0, 0.05) is 31.1 Å². The largest absolute Gasteiger partial charge is 0.508 e. The minimum atomic E-state index is 0.0659. The lowest BCUT2D eigenvalue weighted by molar-refractivity contribution is -0.121. The molecular weight excluding hydrogens is 400 g/mol. The third-order valence-corrected chi connectivity index (χ3v) is 7.29. The maximum absolute atomic E-state index is 12.5. The van der Waals surface area contributed by atoms with Crippen LogP contribution in [0, 0.1) is 0 Å². The molecule has 1 saturated carbocycles. The van der Waals surface area contributed by atoms with Gasteiger partial charge in [-0.25, -0.2) is 0 Å². The number of piperidine rings is 1. The summed E-state index contributed by atoms with van der Waals surface area (Å²) in [5, 5.41) is 12.6. The normalized spacial score (nSPS) is 19.4. The number of amides is 1. The molecule has 32 heavy (non-hydrogen) atoms. The van der Waals surface area contributed by atoms with Crippen LogP contribution in [0.3, 0.4) is 0 Å².